The summed E-state index contributed by atoms with van der Waals surface area (Å²) in [6, 6.07) is 12.6. The second kappa shape index (κ2) is 9.46. The number of nitrogens with one attached hydrogen (secondary N) is 1. The van der Waals surface area contributed by atoms with Crippen LogP contribution < -0.4 is 11.1 Å². The van der Waals surface area contributed by atoms with Crippen molar-refractivity contribution in [1.82, 2.24) is 14.8 Å². The molecule has 1 unspecified atom stereocenters. The fraction of sp³-hybridized carbons (Fsp3) is 0.333. The van der Waals surface area contributed by atoms with E-state index < -0.39 is 0 Å². The Bertz CT molecular complexity index is 1190. The summed E-state index contributed by atoms with van der Waals surface area (Å²) in [5.41, 5.74) is 9.60. The number of likely N-dealkylation sites (tertiary alicyclic amines) is 1. The van der Waals surface area contributed by atoms with Gasteiger partial charge in [0.25, 0.3) is 5.91 Å². The number of benzene rings is 1. The minimum atomic E-state index is -0.225. The number of amidine groups is 1. The van der Waals surface area contributed by atoms with Gasteiger partial charge in [0.1, 0.15) is 17.4 Å². The summed E-state index contributed by atoms with van der Waals surface area (Å²) in [4.78, 5) is 30.0. The fourth-order valence-electron chi connectivity index (χ4n) is 5.20. The Morgan fingerprint density at radius 2 is 1.94 bits per heavy atom. The Labute approximate surface area is 206 Å². The van der Waals surface area contributed by atoms with Crippen molar-refractivity contribution in [2.45, 2.75) is 19.3 Å². The molecule has 1 saturated carbocycles. The first-order valence-electron chi connectivity index (χ1n) is 12.0. The molecule has 1 amide bonds. The topological polar surface area (TPSA) is 99.2 Å². The first-order chi connectivity index (χ1) is 17.0. The average molecular weight is 470 g/mol. The molecule has 3 N–H and O–H groups in total. The first kappa shape index (κ1) is 23.0. The number of rotatable bonds is 6. The number of pyridine rings is 1. The molecule has 2 fully saturated rings. The average Bonchev–Trinajstić information content (AvgIpc) is 3.55. The van der Waals surface area contributed by atoms with Gasteiger partial charge in [-0.3, -0.25) is 9.79 Å². The molecular formula is C27H31N7O. The highest BCUT2D eigenvalue weighted by Gasteiger charge is 2.54. The summed E-state index contributed by atoms with van der Waals surface area (Å²) in [5, 5.41) is 2.80. The summed E-state index contributed by atoms with van der Waals surface area (Å²) in [6.45, 7) is 7.03. The Hall–Kier alpha value is -3.78. The van der Waals surface area contributed by atoms with Crippen molar-refractivity contribution in [2.24, 2.45) is 27.1 Å². The van der Waals surface area contributed by atoms with Crippen LogP contribution in [0.5, 0.6) is 0 Å². The second-order valence-electron chi connectivity index (χ2n) is 9.63. The maximum absolute atomic E-state index is 12.6. The molecular weight excluding hydrogens is 438 g/mol. The van der Waals surface area contributed by atoms with Gasteiger partial charge in [-0.1, -0.05) is 18.2 Å². The molecule has 1 aromatic heterocycles. The van der Waals surface area contributed by atoms with E-state index in [1.807, 2.05) is 24.4 Å². The van der Waals surface area contributed by atoms with Gasteiger partial charge in [-0.05, 0) is 81.7 Å². The van der Waals surface area contributed by atoms with Gasteiger partial charge in [-0.2, -0.15) is 0 Å². The van der Waals surface area contributed by atoms with Gasteiger partial charge in [0, 0.05) is 36.3 Å². The molecule has 1 atom stereocenters. The Morgan fingerprint density at radius 1 is 1.20 bits per heavy atom. The van der Waals surface area contributed by atoms with Crippen LogP contribution in [0.15, 0.2) is 76.7 Å². The number of aromatic nitrogens is 1. The number of carbonyl (C=O) groups is 1. The third-order valence-electron chi connectivity index (χ3n) is 7.46. The minimum Gasteiger partial charge on any atom is -0.382 e. The van der Waals surface area contributed by atoms with Crippen LogP contribution in [0.2, 0.25) is 0 Å². The van der Waals surface area contributed by atoms with E-state index in [1.165, 1.54) is 32.4 Å². The SMILES string of the molecule is C=N/C(=C1/C(N)=NC=CN1CC1CC12CCN(C)CC2)c1ccc(C(=O)Nc2ccccn2)cc1. The molecule has 8 heteroatoms. The molecule has 35 heavy (non-hydrogen) atoms. The van der Waals surface area contributed by atoms with Crippen molar-refractivity contribution in [1.29, 1.82) is 0 Å². The number of anilines is 1. The number of nitrogens with zero attached hydrogens (tertiary/aromatic N) is 5. The molecule has 2 aliphatic heterocycles. The summed E-state index contributed by atoms with van der Waals surface area (Å²) >= 11 is 0. The number of aliphatic imine (C=N–C) groups is 2. The van der Waals surface area contributed by atoms with E-state index in [-0.39, 0.29) is 5.91 Å². The zero-order valence-corrected chi connectivity index (χ0v) is 20.0. The van der Waals surface area contributed by atoms with Crippen LogP contribution in [0, 0.1) is 11.3 Å². The van der Waals surface area contributed by atoms with Gasteiger partial charge in [0.15, 0.2) is 0 Å². The van der Waals surface area contributed by atoms with E-state index >= 15 is 0 Å². The second-order valence-corrected chi connectivity index (χ2v) is 9.63. The highest BCUT2D eigenvalue weighted by atomic mass is 16.1. The smallest absolute Gasteiger partial charge is 0.256 e. The summed E-state index contributed by atoms with van der Waals surface area (Å²) in [5.74, 6) is 1.33. The van der Waals surface area contributed by atoms with E-state index in [4.69, 9.17) is 5.73 Å². The van der Waals surface area contributed by atoms with E-state index in [0.29, 0.717) is 34.2 Å². The largest absolute Gasteiger partial charge is 0.382 e. The molecule has 2 aromatic rings. The number of hydrogen-bond donors (Lipinski definition) is 2. The molecule has 5 rings (SSSR count). The number of amides is 1. The van der Waals surface area contributed by atoms with Gasteiger partial charge in [-0.15, -0.1) is 0 Å². The molecule has 1 saturated heterocycles. The summed E-state index contributed by atoms with van der Waals surface area (Å²) < 4.78 is 0. The zero-order chi connectivity index (χ0) is 24.4. The summed E-state index contributed by atoms with van der Waals surface area (Å²) in [7, 11) is 2.20. The molecule has 1 aliphatic carbocycles. The number of carbonyl (C=O) groups excluding carboxylic acids is 1. The molecule has 1 spiro atoms. The number of piperidine rings is 1. The molecule has 8 nitrogen and oxygen atoms in total. The van der Waals surface area contributed by atoms with Crippen LogP contribution in [0.3, 0.4) is 0 Å². The first-order valence-corrected chi connectivity index (χ1v) is 12.0. The Balaban J connectivity index is 1.35. The summed E-state index contributed by atoms with van der Waals surface area (Å²) in [6.07, 6.45) is 9.12. The van der Waals surface area contributed by atoms with Crippen molar-refractivity contribution in [3.8, 4) is 0 Å². The molecule has 3 heterocycles. The van der Waals surface area contributed by atoms with Crippen LogP contribution in [-0.2, 0) is 0 Å². The lowest BCUT2D eigenvalue weighted by Gasteiger charge is -2.32. The van der Waals surface area contributed by atoms with E-state index in [2.05, 4.69) is 43.9 Å². The predicted molar refractivity (Wildman–Crippen MR) is 140 cm³/mol. The van der Waals surface area contributed by atoms with Crippen molar-refractivity contribution < 1.29 is 4.79 Å². The van der Waals surface area contributed by atoms with Crippen LogP contribution in [0.25, 0.3) is 5.70 Å². The van der Waals surface area contributed by atoms with Gasteiger partial charge in [0.05, 0.1) is 5.70 Å². The maximum atomic E-state index is 12.6. The van der Waals surface area contributed by atoms with Gasteiger partial charge >= 0.3 is 0 Å². The van der Waals surface area contributed by atoms with Crippen LogP contribution in [0.4, 0.5) is 5.82 Å². The van der Waals surface area contributed by atoms with Crippen LogP contribution in [0.1, 0.15) is 35.2 Å². The molecule has 3 aliphatic rings. The van der Waals surface area contributed by atoms with Gasteiger partial charge < -0.3 is 20.9 Å². The lowest BCUT2D eigenvalue weighted by molar-refractivity contribution is 0.102. The molecule has 180 valence electrons. The van der Waals surface area contributed by atoms with Crippen molar-refractivity contribution in [3.05, 3.63) is 77.9 Å². The highest BCUT2D eigenvalue weighted by molar-refractivity contribution is 6.06. The standard InChI is InChI=1S/C27H31N7O/c1-29-23(19-6-8-20(9-7-19)26(35)32-22-5-3-4-12-30-22)24-25(28)31-13-16-34(24)18-21-17-27(21)10-14-33(2)15-11-27/h3-9,12-13,16,21H,1,10-11,14-15,17-18H2,2H3,(H2,28,31)(H,30,32,35)/b24-23-. The van der Waals surface area contributed by atoms with Crippen LogP contribution in [-0.4, -0.2) is 59.9 Å². The molecule has 0 bridgehead atoms. The van der Waals surface area contributed by atoms with E-state index in [9.17, 15) is 4.79 Å². The Kier molecular flexibility index (Phi) is 6.21. The van der Waals surface area contributed by atoms with Gasteiger partial charge in [-0.25, -0.2) is 9.98 Å². The van der Waals surface area contributed by atoms with Crippen LogP contribution >= 0.6 is 0 Å². The maximum Gasteiger partial charge on any atom is 0.256 e. The van der Waals surface area contributed by atoms with Crippen molar-refractivity contribution >= 4 is 30.0 Å². The molecule has 1 aromatic carbocycles. The third-order valence-corrected chi connectivity index (χ3v) is 7.46. The minimum absolute atomic E-state index is 0.225. The van der Waals surface area contributed by atoms with E-state index in [1.54, 1.807) is 36.7 Å². The lowest BCUT2D eigenvalue weighted by Crippen LogP contribution is -2.35. The number of hydrogen-bond acceptors (Lipinski definition) is 7. The zero-order valence-electron chi connectivity index (χ0n) is 20.0. The quantitative estimate of drug-likeness (QED) is 0.630. The molecule has 0 radical (unpaired) electrons. The van der Waals surface area contributed by atoms with Crippen molar-refractivity contribution in [2.75, 3.05) is 32.0 Å². The lowest BCUT2D eigenvalue weighted by atomic mass is 9.91. The highest BCUT2D eigenvalue weighted by Crippen LogP contribution is 2.59. The normalized spacial score (nSPS) is 22.5. The predicted octanol–water partition coefficient (Wildman–Crippen LogP) is 3.58. The van der Waals surface area contributed by atoms with Crippen molar-refractivity contribution in [3.63, 3.8) is 0 Å². The van der Waals surface area contributed by atoms with E-state index in [0.717, 1.165) is 17.8 Å². The van der Waals surface area contributed by atoms with Gasteiger partial charge in [0.2, 0.25) is 0 Å². The number of nitrogens with two attached hydrogens (primary N) is 1. The monoisotopic (exact) mass is 469 g/mol. The fourth-order valence-corrected chi connectivity index (χ4v) is 5.20. The third kappa shape index (κ3) is 4.74. The Morgan fingerprint density at radius 3 is 2.63 bits per heavy atom.